The summed E-state index contributed by atoms with van der Waals surface area (Å²) < 4.78 is 49.7. The highest BCUT2D eigenvalue weighted by molar-refractivity contribution is 5.80. The van der Waals surface area contributed by atoms with Crippen molar-refractivity contribution in [3.63, 3.8) is 0 Å². The maximum atomic E-state index is 14.3. The Hall–Kier alpha value is -3.92. The Kier molecular flexibility index (Phi) is 5.45. The third-order valence-corrected chi connectivity index (χ3v) is 7.16. The van der Waals surface area contributed by atoms with Crippen LogP contribution in [0.4, 0.5) is 13.2 Å². The van der Waals surface area contributed by atoms with Gasteiger partial charge in [-0.15, -0.1) is 0 Å². The molecule has 7 nitrogen and oxygen atoms in total. The molecule has 2 aromatic carbocycles. The molecule has 1 saturated heterocycles. The van der Waals surface area contributed by atoms with Crippen LogP contribution in [0.15, 0.2) is 53.1 Å². The second kappa shape index (κ2) is 8.58. The van der Waals surface area contributed by atoms with Gasteiger partial charge in [0.1, 0.15) is 11.3 Å². The Labute approximate surface area is 210 Å². The first-order valence-corrected chi connectivity index (χ1v) is 12.0. The largest absolute Gasteiger partial charge is 0.481 e. The highest BCUT2D eigenvalue weighted by Crippen LogP contribution is 2.46. The zero-order valence-corrected chi connectivity index (χ0v) is 19.9. The zero-order valence-electron chi connectivity index (χ0n) is 19.9. The number of fused-ring (bicyclic) bond motifs is 3. The molecular weight excluding hydrogens is 485 g/mol. The quantitative estimate of drug-likeness (QED) is 0.407. The first-order chi connectivity index (χ1) is 17.7. The minimum Gasteiger partial charge on any atom is -0.481 e. The third kappa shape index (κ3) is 4.01. The lowest BCUT2D eigenvalue weighted by Gasteiger charge is -2.36. The van der Waals surface area contributed by atoms with E-state index in [9.17, 15) is 18.0 Å². The van der Waals surface area contributed by atoms with Crippen LogP contribution in [0.2, 0.25) is 0 Å². The molecule has 6 rings (SSSR count). The summed E-state index contributed by atoms with van der Waals surface area (Å²) in [6.07, 6.45) is -3.50. The maximum Gasteiger partial charge on any atom is 0.422 e. The van der Waals surface area contributed by atoms with Crippen molar-refractivity contribution in [2.24, 2.45) is 13.0 Å². The molecule has 2 aromatic heterocycles. The van der Waals surface area contributed by atoms with Crippen molar-refractivity contribution in [2.45, 2.75) is 25.6 Å². The van der Waals surface area contributed by atoms with Crippen molar-refractivity contribution in [1.29, 1.82) is 0 Å². The number of hydrogen-bond donors (Lipinski definition) is 1. The van der Waals surface area contributed by atoms with E-state index in [0.29, 0.717) is 55.0 Å². The SMILES string of the molecule is Cn1nc2c(c1-c1noc(-c3ccccc3)c1C(F)(F)F)CCc1cc(CN3CC(C(=O)O)C3)ccc1-2. The minimum absolute atomic E-state index is 0.256. The molecule has 37 heavy (non-hydrogen) atoms. The fourth-order valence-electron chi connectivity index (χ4n) is 5.37. The predicted octanol–water partition coefficient (Wildman–Crippen LogP) is 5.04. The van der Waals surface area contributed by atoms with Gasteiger partial charge in [-0.1, -0.05) is 53.7 Å². The Morgan fingerprint density at radius 3 is 2.57 bits per heavy atom. The number of carboxylic acid groups (broad SMARTS) is 1. The van der Waals surface area contributed by atoms with Crippen molar-refractivity contribution >= 4 is 5.97 Å². The molecule has 1 aliphatic carbocycles. The van der Waals surface area contributed by atoms with Gasteiger partial charge in [0, 0.05) is 43.4 Å². The monoisotopic (exact) mass is 508 g/mol. The summed E-state index contributed by atoms with van der Waals surface area (Å²) in [7, 11) is 1.63. The lowest BCUT2D eigenvalue weighted by Crippen LogP contribution is -2.49. The molecular formula is C27H23F3N4O3. The molecule has 3 heterocycles. The van der Waals surface area contributed by atoms with Crippen LogP contribution < -0.4 is 0 Å². The van der Waals surface area contributed by atoms with Gasteiger partial charge in [0.15, 0.2) is 5.76 Å². The van der Waals surface area contributed by atoms with Gasteiger partial charge >= 0.3 is 12.1 Å². The van der Waals surface area contributed by atoms with Crippen LogP contribution in [0.3, 0.4) is 0 Å². The molecule has 1 N–H and O–H groups in total. The number of aryl methyl sites for hydroxylation is 2. The number of hydrogen-bond acceptors (Lipinski definition) is 5. The molecule has 0 radical (unpaired) electrons. The van der Waals surface area contributed by atoms with E-state index in [1.54, 1.807) is 37.4 Å². The number of likely N-dealkylation sites (tertiary alicyclic amines) is 1. The smallest absolute Gasteiger partial charge is 0.422 e. The molecule has 0 amide bonds. The fraction of sp³-hybridized carbons (Fsp3) is 0.296. The topological polar surface area (TPSA) is 84.4 Å². The molecule has 4 aromatic rings. The molecule has 0 spiro atoms. The van der Waals surface area contributed by atoms with E-state index in [4.69, 9.17) is 9.63 Å². The van der Waals surface area contributed by atoms with Gasteiger partial charge in [-0.05, 0) is 24.0 Å². The van der Waals surface area contributed by atoms with E-state index in [0.717, 1.165) is 16.7 Å². The van der Waals surface area contributed by atoms with Crippen molar-refractivity contribution in [2.75, 3.05) is 13.1 Å². The summed E-state index contributed by atoms with van der Waals surface area (Å²) in [6, 6.07) is 14.2. The highest BCUT2D eigenvalue weighted by Gasteiger charge is 2.43. The molecule has 190 valence electrons. The Bertz CT molecular complexity index is 1500. The summed E-state index contributed by atoms with van der Waals surface area (Å²) in [4.78, 5) is 13.1. The number of benzene rings is 2. The van der Waals surface area contributed by atoms with E-state index in [1.807, 2.05) is 12.1 Å². The lowest BCUT2D eigenvalue weighted by atomic mass is 9.86. The number of carbonyl (C=O) groups is 1. The number of aliphatic carboxylic acids is 1. The van der Waals surface area contributed by atoms with Gasteiger partial charge in [0.25, 0.3) is 0 Å². The van der Waals surface area contributed by atoms with Crippen LogP contribution >= 0.6 is 0 Å². The van der Waals surface area contributed by atoms with Crippen LogP contribution in [0.25, 0.3) is 34.0 Å². The number of aromatic nitrogens is 3. The van der Waals surface area contributed by atoms with Crippen LogP contribution in [0, 0.1) is 5.92 Å². The number of nitrogens with zero attached hydrogens (tertiary/aromatic N) is 4. The van der Waals surface area contributed by atoms with Gasteiger partial charge in [-0.2, -0.15) is 18.3 Å². The molecule has 1 fully saturated rings. The summed E-state index contributed by atoms with van der Waals surface area (Å²) in [6.45, 7) is 1.72. The van der Waals surface area contributed by atoms with Crippen LogP contribution in [0.5, 0.6) is 0 Å². The Morgan fingerprint density at radius 2 is 1.86 bits per heavy atom. The molecule has 0 unspecified atom stereocenters. The Morgan fingerprint density at radius 1 is 1.11 bits per heavy atom. The number of alkyl halides is 3. The van der Waals surface area contributed by atoms with Crippen LogP contribution in [-0.4, -0.2) is 44.0 Å². The number of rotatable bonds is 5. The van der Waals surface area contributed by atoms with Crippen molar-refractivity contribution in [3.05, 3.63) is 70.8 Å². The highest BCUT2D eigenvalue weighted by atomic mass is 19.4. The normalized spacial score (nSPS) is 15.8. The van der Waals surface area contributed by atoms with Gasteiger partial charge < -0.3 is 9.63 Å². The second-order valence-electron chi connectivity index (χ2n) is 9.62. The van der Waals surface area contributed by atoms with Gasteiger partial charge in [0.2, 0.25) is 0 Å². The number of carboxylic acids is 1. The molecule has 0 saturated carbocycles. The second-order valence-corrected chi connectivity index (χ2v) is 9.62. The van der Waals surface area contributed by atoms with Gasteiger partial charge in [-0.3, -0.25) is 14.4 Å². The van der Waals surface area contributed by atoms with E-state index in [-0.39, 0.29) is 17.4 Å². The van der Waals surface area contributed by atoms with Crippen molar-refractivity contribution < 1.29 is 27.6 Å². The standard InChI is InChI=1S/C27H23F3N4O3/c1-33-24(23-21(27(28,29)30)25(37-32-23)16-5-3-2-4-6-16)20-10-8-17-11-15(7-9-19(17)22(20)31-33)12-34-13-18(14-34)26(35)36/h2-7,9,11,18H,8,10,12-14H2,1H3,(H,35,36). The molecule has 10 heteroatoms. The zero-order chi connectivity index (χ0) is 25.9. The average molecular weight is 509 g/mol. The van der Waals surface area contributed by atoms with Gasteiger partial charge in [0.05, 0.1) is 17.3 Å². The average Bonchev–Trinajstić information content (AvgIpc) is 3.41. The summed E-state index contributed by atoms with van der Waals surface area (Å²) in [5, 5.41) is 17.6. The summed E-state index contributed by atoms with van der Waals surface area (Å²) in [5.74, 6) is -1.39. The lowest BCUT2D eigenvalue weighted by molar-refractivity contribution is -0.147. The summed E-state index contributed by atoms with van der Waals surface area (Å²) in [5.41, 5.74) is 3.86. The molecule has 0 bridgehead atoms. The summed E-state index contributed by atoms with van der Waals surface area (Å²) >= 11 is 0. The minimum atomic E-state index is -4.67. The van der Waals surface area contributed by atoms with Crippen molar-refractivity contribution in [3.8, 4) is 34.0 Å². The fourth-order valence-corrected chi connectivity index (χ4v) is 5.37. The number of halogens is 3. The van der Waals surface area contributed by atoms with Crippen LogP contribution in [0.1, 0.15) is 22.3 Å². The maximum absolute atomic E-state index is 14.3. The molecule has 1 aliphatic heterocycles. The van der Waals surface area contributed by atoms with E-state index in [1.165, 1.54) is 4.68 Å². The van der Waals surface area contributed by atoms with E-state index < -0.39 is 17.7 Å². The first-order valence-electron chi connectivity index (χ1n) is 12.0. The molecule has 2 aliphatic rings. The van der Waals surface area contributed by atoms with Gasteiger partial charge in [-0.25, -0.2) is 0 Å². The van der Waals surface area contributed by atoms with E-state index in [2.05, 4.69) is 21.2 Å². The third-order valence-electron chi connectivity index (χ3n) is 7.16. The first kappa shape index (κ1) is 23.5. The van der Waals surface area contributed by atoms with E-state index >= 15 is 0 Å². The van der Waals surface area contributed by atoms with Crippen LogP contribution in [-0.2, 0) is 37.4 Å². The predicted molar refractivity (Wildman–Crippen MR) is 128 cm³/mol. The molecule has 0 atom stereocenters. The van der Waals surface area contributed by atoms with Crippen molar-refractivity contribution in [1.82, 2.24) is 19.8 Å². The Balaban J connectivity index is 1.36.